The molecule has 2 N–H and O–H groups in total. The van der Waals surface area contributed by atoms with Crippen molar-refractivity contribution < 1.29 is 23.4 Å². The predicted octanol–water partition coefficient (Wildman–Crippen LogP) is 1.90. The zero-order chi connectivity index (χ0) is 19.9. The van der Waals surface area contributed by atoms with E-state index in [9.17, 15) is 23.1 Å². The van der Waals surface area contributed by atoms with Crippen molar-refractivity contribution in [3.8, 4) is 11.6 Å². The van der Waals surface area contributed by atoms with Gasteiger partial charge in [0, 0.05) is 0 Å². The lowest BCUT2D eigenvalue weighted by atomic mass is 10.1. The molecular formula is C18H16N2O6S. The predicted molar refractivity (Wildman–Crippen MR) is 97.2 cm³/mol. The van der Waals surface area contributed by atoms with Crippen molar-refractivity contribution >= 4 is 16.0 Å². The number of benzene rings is 2. The Balaban J connectivity index is 2.14. The first-order chi connectivity index (χ1) is 12.6. The zero-order valence-electron chi connectivity index (χ0n) is 14.4. The molecule has 0 aliphatic carbocycles. The van der Waals surface area contributed by atoms with Crippen LogP contribution in [0, 0.1) is 13.8 Å². The van der Waals surface area contributed by atoms with E-state index >= 15 is 0 Å². The molecule has 0 amide bonds. The summed E-state index contributed by atoms with van der Waals surface area (Å²) >= 11 is 0. The van der Waals surface area contributed by atoms with Crippen molar-refractivity contribution in [2.24, 2.45) is 0 Å². The monoisotopic (exact) mass is 388 g/mol. The molecule has 0 saturated carbocycles. The minimum atomic E-state index is -4.41. The number of carboxylic acid groups (broad SMARTS) is 1. The van der Waals surface area contributed by atoms with Crippen LogP contribution in [-0.4, -0.2) is 33.1 Å². The molecule has 2 aromatic carbocycles. The third kappa shape index (κ3) is 3.13. The molecule has 3 rings (SSSR count). The highest BCUT2D eigenvalue weighted by atomic mass is 32.2. The number of hydrogen-bond acceptors (Lipinski definition) is 5. The molecule has 0 aliphatic rings. The van der Waals surface area contributed by atoms with Crippen LogP contribution in [0.25, 0.3) is 5.69 Å². The van der Waals surface area contributed by atoms with Crippen LogP contribution in [0.1, 0.15) is 21.5 Å². The number of imidazole rings is 1. The maximum atomic E-state index is 12.8. The van der Waals surface area contributed by atoms with Crippen LogP contribution in [0.15, 0.2) is 58.4 Å². The van der Waals surface area contributed by atoms with Crippen molar-refractivity contribution in [3.05, 3.63) is 75.8 Å². The molecule has 9 heteroatoms. The average Bonchev–Trinajstić information content (AvgIpc) is 2.92. The van der Waals surface area contributed by atoms with Gasteiger partial charge in [0.25, 0.3) is 10.0 Å². The summed E-state index contributed by atoms with van der Waals surface area (Å²) in [7, 11) is -4.41. The Labute approximate surface area is 154 Å². The lowest BCUT2D eigenvalue weighted by Gasteiger charge is -2.07. The van der Waals surface area contributed by atoms with Crippen LogP contribution in [0.5, 0.6) is 5.88 Å². The first-order valence-corrected chi connectivity index (χ1v) is 9.27. The molecule has 1 aromatic heterocycles. The number of carbonyl (C=O) groups is 1. The van der Waals surface area contributed by atoms with Gasteiger partial charge in [-0.15, -0.1) is 3.97 Å². The molecule has 3 aromatic rings. The van der Waals surface area contributed by atoms with Gasteiger partial charge in [-0.25, -0.2) is 18.0 Å². The normalized spacial score (nSPS) is 11.5. The zero-order valence-corrected chi connectivity index (χ0v) is 15.3. The van der Waals surface area contributed by atoms with Gasteiger partial charge in [0.2, 0.25) is 5.88 Å². The fourth-order valence-corrected chi connectivity index (χ4v) is 3.86. The van der Waals surface area contributed by atoms with Crippen molar-refractivity contribution in [2.75, 3.05) is 0 Å². The van der Waals surface area contributed by atoms with E-state index in [1.807, 2.05) is 13.8 Å². The Hall–Kier alpha value is -3.33. The van der Waals surface area contributed by atoms with Gasteiger partial charge >= 0.3 is 11.7 Å². The fourth-order valence-electron chi connectivity index (χ4n) is 2.58. The summed E-state index contributed by atoms with van der Waals surface area (Å²) in [5, 5.41) is 19.0. The van der Waals surface area contributed by atoms with Crippen LogP contribution in [0.2, 0.25) is 0 Å². The summed E-state index contributed by atoms with van der Waals surface area (Å²) in [5.41, 5.74) is 1.25. The minimum Gasteiger partial charge on any atom is -0.493 e. The molecule has 0 atom stereocenters. The smallest absolute Gasteiger partial charge is 0.350 e. The van der Waals surface area contributed by atoms with Gasteiger partial charge in [-0.1, -0.05) is 6.07 Å². The highest BCUT2D eigenvalue weighted by Gasteiger charge is 2.26. The quantitative estimate of drug-likeness (QED) is 0.705. The number of aryl methyl sites for hydroxylation is 2. The molecule has 8 nitrogen and oxygen atoms in total. The number of rotatable bonds is 4. The summed E-state index contributed by atoms with van der Waals surface area (Å²) < 4.78 is 26.8. The molecule has 0 unspecified atom stereocenters. The molecule has 0 fully saturated rings. The Morgan fingerprint density at radius 1 is 1.00 bits per heavy atom. The molecule has 1 heterocycles. The molecule has 0 saturated heterocycles. The Morgan fingerprint density at radius 2 is 1.63 bits per heavy atom. The van der Waals surface area contributed by atoms with E-state index in [1.165, 1.54) is 0 Å². The fraction of sp³-hybridized carbons (Fsp3) is 0.111. The second-order valence-electron chi connectivity index (χ2n) is 6.01. The number of carboxylic acids is 1. The Morgan fingerprint density at radius 3 is 2.19 bits per heavy atom. The lowest BCUT2D eigenvalue weighted by molar-refractivity contribution is 0.0696. The molecule has 140 valence electrons. The van der Waals surface area contributed by atoms with E-state index in [2.05, 4.69) is 0 Å². The van der Waals surface area contributed by atoms with E-state index in [0.29, 0.717) is 5.69 Å². The highest BCUT2D eigenvalue weighted by Crippen LogP contribution is 2.21. The number of aromatic nitrogens is 2. The minimum absolute atomic E-state index is 0.0989. The van der Waals surface area contributed by atoms with E-state index in [1.54, 1.807) is 18.2 Å². The van der Waals surface area contributed by atoms with Gasteiger partial charge in [0.15, 0.2) is 0 Å². The summed E-state index contributed by atoms with van der Waals surface area (Å²) in [6.07, 6.45) is 1.02. The molecule has 0 spiro atoms. The first-order valence-electron chi connectivity index (χ1n) is 7.83. The van der Waals surface area contributed by atoms with Gasteiger partial charge in [-0.3, -0.25) is 4.57 Å². The van der Waals surface area contributed by atoms with Crippen molar-refractivity contribution in [3.63, 3.8) is 0 Å². The van der Waals surface area contributed by atoms with Gasteiger partial charge < -0.3 is 10.2 Å². The summed E-state index contributed by atoms with van der Waals surface area (Å²) in [6.45, 7) is 3.75. The number of hydrogen-bond donors (Lipinski definition) is 2. The number of aromatic carboxylic acids is 1. The highest BCUT2D eigenvalue weighted by molar-refractivity contribution is 7.90. The third-order valence-electron chi connectivity index (χ3n) is 4.24. The van der Waals surface area contributed by atoms with Gasteiger partial charge in [-0.05, 0) is 61.4 Å². The van der Waals surface area contributed by atoms with E-state index in [0.717, 1.165) is 46.2 Å². The average molecular weight is 388 g/mol. The topological polar surface area (TPSA) is 119 Å². The second kappa shape index (κ2) is 6.44. The van der Waals surface area contributed by atoms with Crippen molar-refractivity contribution in [2.45, 2.75) is 18.7 Å². The molecule has 27 heavy (non-hydrogen) atoms. The van der Waals surface area contributed by atoms with Gasteiger partial charge in [0.1, 0.15) is 0 Å². The number of nitrogens with zero attached hydrogens (tertiary/aromatic N) is 2. The summed E-state index contributed by atoms with van der Waals surface area (Å²) in [6, 6.07) is 9.48. The first kappa shape index (κ1) is 18.5. The van der Waals surface area contributed by atoms with Crippen LogP contribution < -0.4 is 5.69 Å². The molecule has 0 bridgehead atoms. The van der Waals surface area contributed by atoms with E-state index in [-0.39, 0.29) is 14.4 Å². The standard InChI is InChI=1S/C18H16N2O6S/c1-11-3-6-14(9-12(11)2)19-10-16(21)20(18(19)24)27(25,26)15-7-4-13(5-8-15)17(22)23/h3-10,21H,1-2H3,(H,22,23). The van der Waals surface area contributed by atoms with E-state index in [4.69, 9.17) is 5.11 Å². The second-order valence-corrected chi connectivity index (χ2v) is 7.79. The maximum Gasteiger partial charge on any atom is 0.350 e. The van der Waals surface area contributed by atoms with Crippen molar-refractivity contribution in [1.29, 1.82) is 0 Å². The summed E-state index contributed by atoms with van der Waals surface area (Å²) in [4.78, 5) is 23.3. The van der Waals surface area contributed by atoms with Crippen LogP contribution in [-0.2, 0) is 10.0 Å². The number of aromatic hydroxyl groups is 1. The summed E-state index contributed by atoms with van der Waals surface area (Å²) in [5.74, 6) is -1.96. The van der Waals surface area contributed by atoms with Crippen LogP contribution in [0.3, 0.4) is 0 Å². The molecular weight excluding hydrogens is 372 g/mol. The van der Waals surface area contributed by atoms with E-state index < -0.39 is 27.6 Å². The lowest BCUT2D eigenvalue weighted by Crippen LogP contribution is -2.28. The van der Waals surface area contributed by atoms with Crippen LogP contribution >= 0.6 is 0 Å². The third-order valence-corrected chi connectivity index (χ3v) is 5.93. The molecule has 0 radical (unpaired) electrons. The van der Waals surface area contributed by atoms with Crippen molar-refractivity contribution in [1.82, 2.24) is 8.54 Å². The van der Waals surface area contributed by atoms with Gasteiger partial charge in [0.05, 0.1) is 22.3 Å². The maximum absolute atomic E-state index is 12.8. The Bertz CT molecular complexity index is 1200. The Kier molecular flexibility index (Phi) is 4.40. The SMILES string of the molecule is Cc1ccc(-n2cc(O)n(S(=O)(=O)c3ccc(C(=O)O)cc3)c2=O)cc1C. The largest absolute Gasteiger partial charge is 0.493 e. The van der Waals surface area contributed by atoms with Crippen LogP contribution in [0.4, 0.5) is 0 Å². The van der Waals surface area contributed by atoms with Gasteiger partial charge in [-0.2, -0.15) is 0 Å². The molecule has 0 aliphatic heterocycles.